The standard InChI is InChI=1S/C22H34N4O/c1-6-22(7-2,15-23)24-21(27)13-12-20-17(4)25-26(18(20)5)14-19-10-8-16(3)9-11-19/h8-11H,6-7,12-15,23H2,1-5H3,(H,24,27). The summed E-state index contributed by atoms with van der Waals surface area (Å²) in [6, 6.07) is 8.52. The fraction of sp³-hybridized carbons (Fsp3) is 0.545. The molecule has 5 heteroatoms. The first-order valence-corrected chi connectivity index (χ1v) is 9.93. The number of nitrogens with zero attached hydrogens (tertiary/aromatic N) is 2. The topological polar surface area (TPSA) is 72.9 Å². The molecule has 0 unspecified atom stereocenters. The molecule has 0 aliphatic rings. The van der Waals surface area contributed by atoms with E-state index in [-0.39, 0.29) is 11.4 Å². The smallest absolute Gasteiger partial charge is 0.220 e. The maximum absolute atomic E-state index is 12.5. The Morgan fingerprint density at radius 2 is 1.78 bits per heavy atom. The average Bonchev–Trinajstić information content (AvgIpc) is 2.93. The van der Waals surface area contributed by atoms with Gasteiger partial charge in [-0.15, -0.1) is 0 Å². The van der Waals surface area contributed by atoms with Crippen LogP contribution in [0.4, 0.5) is 0 Å². The first kappa shape index (κ1) is 21.2. The van der Waals surface area contributed by atoms with Crippen molar-refractivity contribution in [3.05, 3.63) is 52.3 Å². The maximum Gasteiger partial charge on any atom is 0.220 e. The lowest BCUT2D eigenvalue weighted by Crippen LogP contribution is -2.52. The number of hydrogen-bond acceptors (Lipinski definition) is 3. The van der Waals surface area contributed by atoms with Crippen molar-refractivity contribution in [2.75, 3.05) is 6.54 Å². The SMILES string of the molecule is CCC(CC)(CN)NC(=O)CCc1c(C)nn(Cc2ccc(C)cc2)c1C. The van der Waals surface area contributed by atoms with Gasteiger partial charge in [0, 0.05) is 18.7 Å². The highest BCUT2D eigenvalue weighted by Gasteiger charge is 2.26. The third-order valence-corrected chi connectivity index (χ3v) is 5.74. The lowest BCUT2D eigenvalue weighted by atomic mass is 9.92. The molecule has 0 bridgehead atoms. The summed E-state index contributed by atoms with van der Waals surface area (Å²) in [5.74, 6) is 0.0641. The van der Waals surface area contributed by atoms with Crippen LogP contribution in [0.3, 0.4) is 0 Å². The molecule has 27 heavy (non-hydrogen) atoms. The summed E-state index contributed by atoms with van der Waals surface area (Å²) in [4.78, 5) is 12.5. The van der Waals surface area contributed by atoms with Gasteiger partial charge >= 0.3 is 0 Å². The van der Waals surface area contributed by atoms with Gasteiger partial charge in [0.15, 0.2) is 0 Å². The molecule has 0 fully saturated rings. The van der Waals surface area contributed by atoms with E-state index >= 15 is 0 Å². The molecule has 0 spiro atoms. The third kappa shape index (κ3) is 5.19. The minimum atomic E-state index is -0.281. The zero-order chi connectivity index (χ0) is 20.0. The Balaban J connectivity index is 2.04. The fourth-order valence-electron chi connectivity index (χ4n) is 3.48. The minimum absolute atomic E-state index is 0.0641. The van der Waals surface area contributed by atoms with E-state index in [2.05, 4.69) is 57.3 Å². The lowest BCUT2D eigenvalue weighted by molar-refractivity contribution is -0.123. The van der Waals surface area contributed by atoms with Crippen molar-refractivity contribution < 1.29 is 4.79 Å². The molecule has 1 aromatic carbocycles. The van der Waals surface area contributed by atoms with E-state index < -0.39 is 0 Å². The highest BCUT2D eigenvalue weighted by atomic mass is 16.1. The van der Waals surface area contributed by atoms with Crippen LogP contribution in [0.15, 0.2) is 24.3 Å². The molecular weight excluding hydrogens is 336 g/mol. The monoisotopic (exact) mass is 370 g/mol. The first-order chi connectivity index (χ1) is 12.8. The number of rotatable bonds is 9. The summed E-state index contributed by atoms with van der Waals surface area (Å²) in [5, 5.41) is 7.84. The highest BCUT2D eigenvalue weighted by Crippen LogP contribution is 2.18. The number of carbonyl (C=O) groups is 1. The fourth-order valence-corrected chi connectivity index (χ4v) is 3.48. The molecule has 0 radical (unpaired) electrons. The summed E-state index contributed by atoms with van der Waals surface area (Å²) in [5.41, 5.74) is 11.4. The Kier molecular flexibility index (Phi) is 7.19. The summed E-state index contributed by atoms with van der Waals surface area (Å²) < 4.78 is 2.04. The zero-order valence-electron chi connectivity index (χ0n) is 17.4. The summed E-state index contributed by atoms with van der Waals surface area (Å²) in [6.45, 7) is 11.6. The second kappa shape index (κ2) is 9.18. The van der Waals surface area contributed by atoms with E-state index in [0.717, 1.165) is 30.8 Å². The molecule has 1 aromatic heterocycles. The van der Waals surface area contributed by atoms with E-state index in [1.54, 1.807) is 0 Å². The number of carbonyl (C=O) groups excluding carboxylic acids is 1. The van der Waals surface area contributed by atoms with Gasteiger partial charge in [0.2, 0.25) is 5.91 Å². The highest BCUT2D eigenvalue weighted by molar-refractivity contribution is 5.77. The Morgan fingerprint density at radius 1 is 1.15 bits per heavy atom. The molecule has 148 valence electrons. The van der Waals surface area contributed by atoms with Gasteiger partial charge in [-0.3, -0.25) is 9.48 Å². The second-order valence-corrected chi connectivity index (χ2v) is 7.53. The number of hydrogen-bond donors (Lipinski definition) is 2. The number of amides is 1. The van der Waals surface area contributed by atoms with Gasteiger partial charge in [0.25, 0.3) is 0 Å². The molecule has 1 amide bonds. The van der Waals surface area contributed by atoms with Crippen molar-refractivity contribution in [1.29, 1.82) is 0 Å². The lowest BCUT2D eigenvalue weighted by Gasteiger charge is -2.31. The van der Waals surface area contributed by atoms with Crippen LogP contribution in [0.2, 0.25) is 0 Å². The van der Waals surface area contributed by atoms with E-state index in [1.165, 1.54) is 16.7 Å². The van der Waals surface area contributed by atoms with Crippen LogP contribution in [0.1, 0.15) is 61.2 Å². The number of aromatic nitrogens is 2. The van der Waals surface area contributed by atoms with E-state index in [1.807, 2.05) is 11.6 Å². The van der Waals surface area contributed by atoms with Crippen LogP contribution in [-0.4, -0.2) is 27.8 Å². The van der Waals surface area contributed by atoms with Gasteiger partial charge < -0.3 is 11.1 Å². The van der Waals surface area contributed by atoms with Crippen LogP contribution < -0.4 is 11.1 Å². The van der Waals surface area contributed by atoms with Crippen molar-refractivity contribution >= 4 is 5.91 Å². The van der Waals surface area contributed by atoms with Gasteiger partial charge in [-0.1, -0.05) is 43.7 Å². The molecule has 0 saturated carbocycles. The van der Waals surface area contributed by atoms with Crippen molar-refractivity contribution in [1.82, 2.24) is 15.1 Å². The van der Waals surface area contributed by atoms with Crippen LogP contribution in [-0.2, 0) is 17.8 Å². The first-order valence-electron chi connectivity index (χ1n) is 9.93. The maximum atomic E-state index is 12.5. The number of aryl methyl sites for hydroxylation is 2. The summed E-state index contributed by atoms with van der Waals surface area (Å²) in [7, 11) is 0. The summed E-state index contributed by atoms with van der Waals surface area (Å²) in [6.07, 6.45) is 2.85. The Morgan fingerprint density at radius 3 is 2.33 bits per heavy atom. The second-order valence-electron chi connectivity index (χ2n) is 7.53. The molecule has 2 aromatic rings. The van der Waals surface area contributed by atoms with Gasteiger partial charge in [-0.05, 0) is 51.2 Å². The molecular formula is C22H34N4O. The third-order valence-electron chi connectivity index (χ3n) is 5.74. The average molecular weight is 371 g/mol. The number of benzene rings is 1. The van der Waals surface area contributed by atoms with E-state index in [4.69, 9.17) is 10.8 Å². The molecule has 0 aliphatic heterocycles. The largest absolute Gasteiger partial charge is 0.349 e. The molecule has 5 nitrogen and oxygen atoms in total. The van der Waals surface area contributed by atoms with Crippen LogP contribution >= 0.6 is 0 Å². The quantitative estimate of drug-likeness (QED) is 0.710. The van der Waals surface area contributed by atoms with E-state index in [0.29, 0.717) is 19.4 Å². The van der Waals surface area contributed by atoms with Crippen LogP contribution in [0.25, 0.3) is 0 Å². The van der Waals surface area contributed by atoms with Gasteiger partial charge in [0.1, 0.15) is 0 Å². The van der Waals surface area contributed by atoms with Crippen molar-refractivity contribution in [3.8, 4) is 0 Å². The molecule has 0 aliphatic carbocycles. The van der Waals surface area contributed by atoms with Gasteiger partial charge in [-0.25, -0.2) is 0 Å². The molecule has 0 atom stereocenters. The Labute approximate surface area is 163 Å². The summed E-state index contributed by atoms with van der Waals surface area (Å²) >= 11 is 0. The van der Waals surface area contributed by atoms with Gasteiger partial charge in [-0.2, -0.15) is 5.10 Å². The number of nitrogens with one attached hydrogen (secondary N) is 1. The Bertz CT molecular complexity index is 749. The Hall–Kier alpha value is -2.14. The van der Waals surface area contributed by atoms with Crippen molar-refractivity contribution in [3.63, 3.8) is 0 Å². The minimum Gasteiger partial charge on any atom is -0.349 e. The van der Waals surface area contributed by atoms with Crippen molar-refractivity contribution in [2.24, 2.45) is 5.73 Å². The molecule has 0 saturated heterocycles. The normalized spacial score (nSPS) is 11.6. The predicted octanol–water partition coefficient (Wildman–Crippen LogP) is 3.42. The van der Waals surface area contributed by atoms with Crippen LogP contribution in [0.5, 0.6) is 0 Å². The van der Waals surface area contributed by atoms with Crippen LogP contribution in [0, 0.1) is 20.8 Å². The van der Waals surface area contributed by atoms with E-state index in [9.17, 15) is 4.79 Å². The zero-order valence-corrected chi connectivity index (χ0v) is 17.4. The van der Waals surface area contributed by atoms with Crippen molar-refractivity contribution in [2.45, 2.75) is 72.4 Å². The van der Waals surface area contributed by atoms with Gasteiger partial charge in [0.05, 0.1) is 17.8 Å². The molecule has 3 N–H and O–H groups in total. The predicted molar refractivity (Wildman–Crippen MR) is 111 cm³/mol. The number of nitrogens with two attached hydrogens (primary N) is 1. The molecule has 1 heterocycles. The molecule has 2 rings (SSSR count).